The van der Waals surface area contributed by atoms with Crippen molar-refractivity contribution in [2.45, 2.75) is 19.8 Å². The van der Waals surface area contributed by atoms with E-state index in [4.69, 9.17) is 9.47 Å². The summed E-state index contributed by atoms with van der Waals surface area (Å²) in [7, 11) is 1.59. The van der Waals surface area contributed by atoms with Crippen LogP contribution in [-0.2, 0) is 14.3 Å². The van der Waals surface area contributed by atoms with Crippen LogP contribution in [0.15, 0.2) is 24.3 Å². The van der Waals surface area contributed by atoms with Gasteiger partial charge in [-0.1, -0.05) is 0 Å². The van der Waals surface area contributed by atoms with Crippen LogP contribution in [0.1, 0.15) is 28.2 Å². The normalized spacial score (nSPS) is 13.8. The molecule has 0 bridgehead atoms. The van der Waals surface area contributed by atoms with E-state index < -0.39 is 18.5 Å². The van der Waals surface area contributed by atoms with E-state index in [1.54, 1.807) is 14.0 Å². The van der Waals surface area contributed by atoms with Crippen molar-refractivity contribution < 1.29 is 23.9 Å². The molecular weight excluding hydrogens is 356 g/mol. The Hall–Kier alpha value is -2.74. The molecule has 0 unspecified atom stereocenters. The van der Waals surface area contributed by atoms with Crippen LogP contribution in [0.25, 0.3) is 10.6 Å². The van der Waals surface area contributed by atoms with Crippen molar-refractivity contribution in [3.05, 3.63) is 34.8 Å². The Kier molecular flexibility index (Phi) is 5.32. The lowest BCUT2D eigenvalue weighted by Gasteiger charge is -2.13. The van der Waals surface area contributed by atoms with Crippen molar-refractivity contribution in [3.63, 3.8) is 0 Å². The molecule has 7 nitrogen and oxygen atoms in total. The molecule has 0 spiro atoms. The maximum atomic E-state index is 12.3. The van der Waals surface area contributed by atoms with Crippen LogP contribution in [0.4, 0.5) is 0 Å². The summed E-state index contributed by atoms with van der Waals surface area (Å²) in [5.41, 5.74) is 1.40. The van der Waals surface area contributed by atoms with Gasteiger partial charge in [-0.25, -0.2) is 9.78 Å². The van der Waals surface area contributed by atoms with E-state index in [0.717, 1.165) is 16.2 Å². The molecule has 1 aromatic heterocycles. The number of nitrogens with zero attached hydrogens (tertiary/aromatic N) is 2. The van der Waals surface area contributed by atoms with Crippen molar-refractivity contribution in [1.29, 1.82) is 0 Å². The number of thiazole rings is 1. The van der Waals surface area contributed by atoms with E-state index in [-0.39, 0.29) is 5.91 Å². The van der Waals surface area contributed by atoms with Crippen LogP contribution in [0.2, 0.25) is 0 Å². The highest BCUT2D eigenvalue weighted by molar-refractivity contribution is 7.17. The summed E-state index contributed by atoms with van der Waals surface area (Å²) < 4.78 is 10.2. The molecule has 1 aliphatic heterocycles. The lowest BCUT2D eigenvalue weighted by Crippen LogP contribution is -2.35. The highest BCUT2D eigenvalue weighted by Crippen LogP contribution is 2.29. The van der Waals surface area contributed by atoms with Gasteiger partial charge in [0.2, 0.25) is 5.91 Å². The number of ether oxygens (including phenoxy) is 2. The van der Waals surface area contributed by atoms with Gasteiger partial charge in [0.1, 0.15) is 15.6 Å². The van der Waals surface area contributed by atoms with E-state index in [1.807, 2.05) is 24.3 Å². The zero-order chi connectivity index (χ0) is 18.7. The number of methoxy groups -OCH3 is 1. The second-order valence-corrected chi connectivity index (χ2v) is 6.78. The average molecular weight is 374 g/mol. The summed E-state index contributed by atoms with van der Waals surface area (Å²) in [4.78, 5) is 41.7. The van der Waals surface area contributed by atoms with Gasteiger partial charge in [-0.3, -0.25) is 14.5 Å². The molecule has 0 saturated carbocycles. The Bertz CT molecular complexity index is 844. The third-order valence-corrected chi connectivity index (χ3v) is 5.21. The molecule has 3 rings (SSSR count). The summed E-state index contributed by atoms with van der Waals surface area (Å²) in [5, 5.41) is 0.679. The van der Waals surface area contributed by atoms with E-state index in [9.17, 15) is 14.4 Å². The Balaban J connectivity index is 1.67. The molecule has 1 aliphatic rings. The van der Waals surface area contributed by atoms with Gasteiger partial charge in [0.05, 0.1) is 12.8 Å². The van der Waals surface area contributed by atoms with Crippen LogP contribution in [0.3, 0.4) is 0 Å². The lowest BCUT2D eigenvalue weighted by atomic mass is 10.2. The number of likely N-dealkylation sites (tertiary alicyclic amines) is 1. The minimum Gasteiger partial charge on any atom is -0.497 e. The van der Waals surface area contributed by atoms with Crippen molar-refractivity contribution in [2.75, 3.05) is 20.3 Å². The van der Waals surface area contributed by atoms with Gasteiger partial charge in [0.15, 0.2) is 6.61 Å². The van der Waals surface area contributed by atoms with Crippen molar-refractivity contribution in [1.82, 2.24) is 9.88 Å². The van der Waals surface area contributed by atoms with Crippen LogP contribution < -0.4 is 4.74 Å². The summed E-state index contributed by atoms with van der Waals surface area (Å²) in [6, 6.07) is 7.34. The number of amides is 2. The third kappa shape index (κ3) is 3.75. The molecule has 1 saturated heterocycles. The van der Waals surface area contributed by atoms with E-state index in [2.05, 4.69) is 4.98 Å². The fourth-order valence-corrected chi connectivity index (χ4v) is 3.59. The molecule has 26 heavy (non-hydrogen) atoms. The molecule has 2 amide bonds. The second kappa shape index (κ2) is 7.65. The predicted octanol–water partition coefficient (Wildman–Crippen LogP) is 2.43. The summed E-state index contributed by atoms with van der Waals surface area (Å²) in [6.45, 7) is 1.65. The van der Waals surface area contributed by atoms with Gasteiger partial charge < -0.3 is 9.47 Å². The highest BCUT2D eigenvalue weighted by Gasteiger charge is 2.27. The van der Waals surface area contributed by atoms with Gasteiger partial charge in [-0.05, 0) is 37.6 Å². The zero-order valence-electron chi connectivity index (χ0n) is 14.5. The number of aromatic nitrogens is 1. The van der Waals surface area contributed by atoms with Crippen LogP contribution in [0, 0.1) is 6.92 Å². The average Bonchev–Trinajstić information content (AvgIpc) is 3.25. The van der Waals surface area contributed by atoms with E-state index in [1.165, 1.54) is 11.3 Å². The van der Waals surface area contributed by atoms with Gasteiger partial charge in [0, 0.05) is 18.5 Å². The number of rotatable bonds is 5. The van der Waals surface area contributed by atoms with E-state index >= 15 is 0 Å². The van der Waals surface area contributed by atoms with Crippen molar-refractivity contribution >= 4 is 29.1 Å². The number of hydrogen-bond donors (Lipinski definition) is 0. The minimum atomic E-state index is -0.611. The Morgan fingerprint density at radius 1 is 1.27 bits per heavy atom. The maximum absolute atomic E-state index is 12.3. The fourth-order valence-electron chi connectivity index (χ4n) is 2.63. The Morgan fingerprint density at radius 2 is 2.00 bits per heavy atom. The quantitative estimate of drug-likeness (QED) is 0.747. The topological polar surface area (TPSA) is 85.8 Å². The largest absolute Gasteiger partial charge is 0.497 e. The number of carbonyl (C=O) groups excluding carboxylic acids is 3. The Morgan fingerprint density at radius 3 is 2.62 bits per heavy atom. The summed E-state index contributed by atoms with van der Waals surface area (Å²) in [5.74, 6) is -0.586. The first-order chi connectivity index (χ1) is 12.5. The number of esters is 1. The lowest BCUT2D eigenvalue weighted by molar-refractivity contribution is -0.143. The number of hydrogen-bond acceptors (Lipinski definition) is 7. The van der Waals surface area contributed by atoms with Crippen LogP contribution in [0.5, 0.6) is 5.75 Å². The molecule has 136 valence electrons. The fraction of sp³-hybridized carbons (Fsp3) is 0.333. The highest BCUT2D eigenvalue weighted by atomic mass is 32.1. The maximum Gasteiger partial charge on any atom is 0.350 e. The minimum absolute atomic E-state index is 0.221. The monoisotopic (exact) mass is 374 g/mol. The number of benzene rings is 1. The van der Waals surface area contributed by atoms with Crippen molar-refractivity contribution in [2.24, 2.45) is 0 Å². The number of aryl methyl sites for hydroxylation is 1. The number of imide groups is 1. The predicted molar refractivity (Wildman–Crippen MR) is 95.1 cm³/mol. The zero-order valence-corrected chi connectivity index (χ0v) is 15.3. The van der Waals surface area contributed by atoms with Gasteiger partial charge in [0.25, 0.3) is 5.91 Å². The van der Waals surface area contributed by atoms with Gasteiger partial charge in [-0.15, -0.1) is 11.3 Å². The molecule has 8 heteroatoms. The van der Waals surface area contributed by atoms with Crippen LogP contribution >= 0.6 is 11.3 Å². The second-order valence-electron chi connectivity index (χ2n) is 5.78. The number of carbonyl (C=O) groups is 3. The molecule has 2 heterocycles. The smallest absolute Gasteiger partial charge is 0.350 e. The molecule has 0 atom stereocenters. The molecule has 0 aliphatic carbocycles. The SMILES string of the molecule is COc1ccc(-c2nc(C)c(C(=O)OCC(=O)N3CCCC3=O)s2)cc1. The first-order valence-electron chi connectivity index (χ1n) is 8.11. The first-order valence-corrected chi connectivity index (χ1v) is 8.93. The first kappa shape index (κ1) is 18.1. The third-order valence-electron chi connectivity index (χ3n) is 4.02. The molecule has 1 aromatic carbocycles. The molecular formula is C18H18N2O5S. The summed E-state index contributed by atoms with van der Waals surface area (Å²) in [6.07, 6.45) is 1.01. The van der Waals surface area contributed by atoms with Crippen molar-refractivity contribution in [3.8, 4) is 16.3 Å². The molecule has 0 radical (unpaired) electrons. The Labute approximate surface area is 154 Å². The standard InChI is InChI=1S/C18H18N2O5S/c1-11-16(18(23)25-10-15(22)20-9-3-4-14(20)21)26-17(19-11)12-5-7-13(24-2)8-6-12/h5-8H,3-4,9-10H2,1-2H3. The summed E-state index contributed by atoms with van der Waals surface area (Å²) >= 11 is 1.20. The molecule has 2 aromatic rings. The molecule has 1 fully saturated rings. The van der Waals surface area contributed by atoms with Gasteiger partial charge >= 0.3 is 5.97 Å². The molecule has 0 N–H and O–H groups in total. The van der Waals surface area contributed by atoms with E-state index in [0.29, 0.717) is 35.0 Å². The van der Waals surface area contributed by atoms with Gasteiger partial charge in [-0.2, -0.15) is 0 Å². The van der Waals surface area contributed by atoms with Crippen LogP contribution in [-0.4, -0.2) is 47.9 Å².